The monoisotopic (exact) mass is 451 g/mol. The van der Waals surface area contributed by atoms with Crippen LogP contribution in [0.1, 0.15) is 25.7 Å². The van der Waals surface area contributed by atoms with Crippen LogP contribution in [0.25, 0.3) is 0 Å². The molecule has 2 aromatic carbocycles. The highest BCUT2D eigenvalue weighted by Crippen LogP contribution is 2.68. The third-order valence-corrected chi connectivity index (χ3v) is 6.12. The van der Waals surface area contributed by atoms with Gasteiger partial charge in [-0.3, -0.25) is 9.59 Å². The van der Waals surface area contributed by atoms with Crippen LogP contribution in [0.5, 0.6) is 11.5 Å². The van der Waals surface area contributed by atoms with Crippen LogP contribution >= 0.6 is 23.2 Å². The molecule has 0 heterocycles. The van der Waals surface area contributed by atoms with Crippen LogP contribution < -0.4 is 14.8 Å². The van der Waals surface area contributed by atoms with Crippen molar-refractivity contribution in [3.63, 3.8) is 0 Å². The molecule has 0 saturated heterocycles. The highest BCUT2D eigenvalue weighted by atomic mass is 35.5. The maximum Gasteiger partial charge on any atom is 0.258 e. The van der Waals surface area contributed by atoms with E-state index in [4.69, 9.17) is 32.7 Å². The Morgan fingerprint density at radius 1 is 1.00 bits per heavy atom. The normalized spacial score (nSPS) is 23.7. The summed E-state index contributed by atoms with van der Waals surface area (Å²) in [6, 6.07) is 10.9. The summed E-state index contributed by atoms with van der Waals surface area (Å²) in [5.41, 5.74) is -0.290. The summed E-state index contributed by atoms with van der Waals surface area (Å²) >= 11 is 11.5. The Hall–Kier alpha value is -2.31. The van der Waals surface area contributed by atoms with Gasteiger partial charge < -0.3 is 14.8 Å². The Morgan fingerprint density at radius 2 is 1.70 bits per heavy atom. The number of hydrogen-bond donors (Lipinski definition) is 1. The van der Waals surface area contributed by atoms with E-state index in [1.165, 1.54) is 12.1 Å². The molecule has 3 saturated carbocycles. The lowest BCUT2D eigenvalue weighted by molar-refractivity contribution is -0.173. The van der Waals surface area contributed by atoms with Crippen LogP contribution in [0.15, 0.2) is 42.5 Å². The standard InChI is InChI=1S/C22H20Cl2FNO4/c23-14-2-1-3-16(6-14)30-10-20(28)26-22-11-21(12-22,13-22)8-15(27)9-29-17-4-5-18(24)19(25)7-17/h1-7H,8-13H2,(H,26,28). The number of carbonyl (C=O) groups is 2. The molecule has 2 bridgehead atoms. The minimum atomic E-state index is -0.585. The fourth-order valence-corrected chi connectivity index (χ4v) is 4.85. The molecule has 0 unspecified atom stereocenters. The Bertz CT molecular complexity index is 977. The molecule has 0 spiro atoms. The van der Waals surface area contributed by atoms with Crippen molar-refractivity contribution < 1.29 is 23.5 Å². The lowest BCUT2D eigenvalue weighted by atomic mass is 9.38. The molecule has 0 atom stereocenters. The summed E-state index contributed by atoms with van der Waals surface area (Å²) in [7, 11) is 0. The first-order valence-electron chi connectivity index (χ1n) is 9.56. The van der Waals surface area contributed by atoms with E-state index in [0.29, 0.717) is 17.2 Å². The molecular weight excluding hydrogens is 432 g/mol. The van der Waals surface area contributed by atoms with Gasteiger partial charge in [-0.2, -0.15) is 0 Å². The predicted molar refractivity (Wildman–Crippen MR) is 111 cm³/mol. The number of Topliss-reactive ketones (excluding diaryl/α,β-unsaturated/α-hetero) is 1. The Kier molecular flexibility index (Phi) is 5.64. The van der Waals surface area contributed by atoms with Crippen molar-refractivity contribution in [1.82, 2.24) is 5.32 Å². The van der Waals surface area contributed by atoms with Gasteiger partial charge in [0, 0.05) is 23.0 Å². The molecule has 3 aliphatic rings. The Labute approximate surface area is 183 Å². The number of rotatable bonds is 9. The minimum absolute atomic E-state index is 0.00727. The zero-order chi connectivity index (χ0) is 21.4. The van der Waals surface area contributed by atoms with Crippen molar-refractivity contribution >= 4 is 34.9 Å². The lowest BCUT2D eigenvalue weighted by Crippen LogP contribution is -2.75. The van der Waals surface area contributed by atoms with E-state index in [9.17, 15) is 14.0 Å². The van der Waals surface area contributed by atoms with E-state index in [-0.39, 0.29) is 46.6 Å². The van der Waals surface area contributed by atoms with Crippen LogP contribution in [0.2, 0.25) is 10.0 Å². The van der Waals surface area contributed by atoms with Gasteiger partial charge in [-0.05, 0) is 55.0 Å². The van der Waals surface area contributed by atoms with E-state index < -0.39 is 5.82 Å². The minimum Gasteiger partial charge on any atom is -0.486 e. The second kappa shape index (κ2) is 8.08. The fourth-order valence-electron chi connectivity index (χ4n) is 4.56. The molecule has 30 heavy (non-hydrogen) atoms. The Morgan fingerprint density at radius 3 is 2.40 bits per heavy atom. The summed E-state index contributed by atoms with van der Waals surface area (Å²) < 4.78 is 24.2. The van der Waals surface area contributed by atoms with Gasteiger partial charge in [0.25, 0.3) is 5.91 Å². The van der Waals surface area contributed by atoms with E-state index in [1.807, 2.05) is 0 Å². The van der Waals surface area contributed by atoms with Gasteiger partial charge in [-0.25, -0.2) is 4.39 Å². The van der Waals surface area contributed by atoms with E-state index in [0.717, 1.165) is 25.3 Å². The largest absolute Gasteiger partial charge is 0.486 e. The first-order valence-corrected chi connectivity index (χ1v) is 10.3. The summed E-state index contributed by atoms with van der Waals surface area (Å²) in [4.78, 5) is 24.4. The number of hydrogen-bond acceptors (Lipinski definition) is 4. The third kappa shape index (κ3) is 4.55. The fraction of sp³-hybridized carbons (Fsp3) is 0.364. The molecule has 5 rings (SSSR count). The van der Waals surface area contributed by atoms with Crippen molar-refractivity contribution in [2.45, 2.75) is 31.2 Å². The summed E-state index contributed by atoms with van der Waals surface area (Å²) in [6.07, 6.45) is 2.69. The van der Waals surface area contributed by atoms with Crippen molar-refractivity contribution in [2.75, 3.05) is 13.2 Å². The molecule has 1 N–H and O–H groups in total. The maximum absolute atomic E-state index is 13.4. The lowest BCUT2D eigenvalue weighted by Gasteiger charge is -2.70. The first-order chi connectivity index (χ1) is 14.3. The zero-order valence-corrected chi connectivity index (χ0v) is 17.6. The van der Waals surface area contributed by atoms with Gasteiger partial charge in [0.2, 0.25) is 0 Å². The van der Waals surface area contributed by atoms with Crippen LogP contribution in [0.4, 0.5) is 4.39 Å². The topological polar surface area (TPSA) is 64.6 Å². The predicted octanol–water partition coefficient (Wildman–Crippen LogP) is 4.59. The number of ketones is 1. The van der Waals surface area contributed by atoms with Crippen LogP contribution in [0, 0.1) is 11.2 Å². The number of benzene rings is 2. The molecule has 3 aliphatic carbocycles. The molecule has 0 aliphatic heterocycles. The summed E-state index contributed by atoms with van der Waals surface area (Å²) in [6.45, 7) is -0.199. The molecule has 3 fully saturated rings. The number of halogens is 3. The van der Waals surface area contributed by atoms with Crippen LogP contribution in [-0.2, 0) is 9.59 Å². The summed E-state index contributed by atoms with van der Waals surface area (Å²) in [5.74, 6) is -0.0146. The van der Waals surface area contributed by atoms with Gasteiger partial charge >= 0.3 is 0 Å². The molecule has 158 valence electrons. The highest BCUT2D eigenvalue weighted by Gasteiger charge is 2.68. The number of nitrogens with one attached hydrogen (secondary N) is 1. The molecule has 0 aromatic heterocycles. The quantitative estimate of drug-likeness (QED) is 0.605. The van der Waals surface area contributed by atoms with Crippen molar-refractivity contribution in [3.05, 3.63) is 58.3 Å². The molecule has 8 heteroatoms. The van der Waals surface area contributed by atoms with E-state index in [2.05, 4.69) is 5.32 Å². The SMILES string of the molecule is O=C(COc1ccc(Cl)c(F)c1)CC12CC(NC(=O)COc3cccc(Cl)c3)(C1)C2. The van der Waals surface area contributed by atoms with Crippen molar-refractivity contribution in [3.8, 4) is 11.5 Å². The first kappa shape index (κ1) is 20.9. The average molecular weight is 452 g/mol. The number of ether oxygens (including phenoxy) is 2. The molecule has 1 amide bonds. The highest BCUT2D eigenvalue weighted by molar-refractivity contribution is 6.31. The Balaban J connectivity index is 1.17. The van der Waals surface area contributed by atoms with E-state index >= 15 is 0 Å². The van der Waals surface area contributed by atoms with Crippen LogP contribution in [0.3, 0.4) is 0 Å². The molecule has 0 radical (unpaired) electrons. The maximum atomic E-state index is 13.4. The second-order valence-corrected chi connectivity index (χ2v) is 9.03. The second-order valence-electron chi connectivity index (χ2n) is 8.18. The van der Waals surface area contributed by atoms with Gasteiger partial charge in [0.15, 0.2) is 12.4 Å². The van der Waals surface area contributed by atoms with Gasteiger partial charge in [0.1, 0.15) is 23.9 Å². The number of carbonyl (C=O) groups excluding carboxylic acids is 2. The zero-order valence-electron chi connectivity index (χ0n) is 16.1. The van der Waals surface area contributed by atoms with Gasteiger partial charge in [-0.1, -0.05) is 29.3 Å². The van der Waals surface area contributed by atoms with E-state index in [1.54, 1.807) is 24.3 Å². The summed E-state index contributed by atoms with van der Waals surface area (Å²) in [5, 5.41) is 3.57. The third-order valence-electron chi connectivity index (χ3n) is 5.57. The van der Waals surface area contributed by atoms with Gasteiger partial charge in [0.05, 0.1) is 5.02 Å². The van der Waals surface area contributed by atoms with Gasteiger partial charge in [-0.15, -0.1) is 0 Å². The van der Waals surface area contributed by atoms with Crippen LogP contribution in [-0.4, -0.2) is 30.4 Å². The smallest absolute Gasteiger partial charge is 0.258 e. The molecule has 5 nitrogen and oxygen atoms in total. The average Bonchev–Trinajstić information content (AvgIpc) is 2.65. The molecular formula is C22H20Cl2FNO4. The molecule has 2 aromatic rings. The van der Waals surface area contributed by atoms with Crippen molar-refractivity contribution in [1.29, 1.82) is 0 Å². The van der Waals surface area contributed by atoms with Crippen molar-refractivity contribution in [2.24, 2.45) is 5.41 Å². The number of amides is 1.